The van der Waals surface area contributed by atoms with Gasteiger partial charge in [0.15, 0.2) is 0 Å². The van der Waals surface area contributed by atoms with Gasteiger partial charge in [-0.3, -0.25) is 10.1 Å². The number of nitrogens with zero attached hydrogens (tertiary/aromatic N) is 3. The van der Waals surface area contributed by atoms with Gasteiger partial charge in [-0.05, 0) is 62.1 Å². The Hall–Kier alpha value is -2.49. The third-order valence-corrected chi connectivity index (χ3v) is 7.86. The summed E-state index contributed by atoms with van der Waals surface area (Å²) < 4.78 is 28.7. The van der Waals surface area contributed by atoms with Gasteiger partial charge in [-0.1, -0.05) is 12.1 Å². The van der Waals surface area contributed by atoms with Crippen LogP contribution in [0.25, 0.3) is 0 Å². The van der Waals surface area contributed by atoms with Crippen molar-refractivity contribution in [2.75, 3.05) is 38.1 Å². The molecule has 0 aromatic heterocycles. The van der Waals surface area contributed by atoms with Crippen molar-refractivity contribution in [3.63, 3.8) is 0 Å². The average molecular weight is 445 g/mol. The van der Waals surface area contributed by atoms with E-state index in [0.29, 0.717) is 12.8 Å². The number of hydrogen-bond acceptors (Lipinski definition) is 6. The zero-order valence-electron chi connectivity index (χ0n) is 17.9. The van der Waals surface area contributed by atoms with Crippen LogP contribution >= 0.6 is 0 Å². The maximum atomic E-state index is 12.9. The van der Waals surface area contributed by atoms with Crippen LogP contribution in [-0.2, 0) is 22.9 Å². The van der Waals surface area contributed by atoms with Gasteiger partial charge in [-0.15, -0.1) is 0 Å². The summed E-state index contributed by atoms with van der Waals surface area (Å²) in [6.45, 7) is 6.03. The molecule has 1 heterocycles. The first-order valence-electron chi connectivity index (χ1n) is 10.6. The van der Waals surface area contributed by atoms with E-state index in [1.54, 1.807) is 0 Å². The maximum Gasteiger partial charge on any atom is 0.270 e. The van der Waals surface area contributed by atoms with Crippen molar-refractivity contribution in [1.29, 1.82) is 0 Å². The van der Waals surface area contributed by atoms with Crippen molar-refractivity contribution < 1.29 is 13.3 Å². The lowest BCUT2D eigenvalue weighted by Gasteiger charge is -2.37. The third-order valence-electron chi connectivity index (χ3n) is 6.34. The minimum Gasteiger partial charge on any atom is -0.369 e. The maximum absolute atomic E-state index is 12.9. The average Bonchev–Trinajstić information content (AvgIpc) is 2.75. The molecule has 166 valence electrons. The number of aryl methyl sites for hydroxylation is 1. The molecule has 0 bridgehead atoms. The van der Waals surface area contributed by atoms with Gasteiger partial charge < -0.3 is 9.80 Å². The zero-order valence-corrected chi connectivity index (χ0v) is 18.7. The summed E-state index contributed by atoms with van der Waals surface area (Å²) in [5.74, 6) is 0. The van der Waals surface area contributed by atoms with Crippen molar-refractivity contribution in [1.82, 2.24) is 9.62 Å². The molecule has 1 aliphatic heterocycles. The summed E-state index contributed by atoms with van der Waals surface area (Å²) in [5.41, 5.74) is 4.76. The van der Waals surface area contributed by atoms with Crippen molar-refractivity contribution in [3.05, 3.63) is 63.2 Å². The number of non-ortho nitro benzene ring substituents is 1. The van der Waals surface area contributed by atoms with Crippen molar-refractivity contribution in [2.24, 2.45) is 0 Å². The molecule has 31 heavy (non-hydrogen) atoms. The molecule has 2 aliphatic rings. The molecule has 0 amide bonds. The first-order chi connectivity index (χ1) is 14.7. The van der Waals surface area contributed by atoms with E-state index in [4.69, 9.17) is 0 Å². The van der Waals surface area contributed by atoms with Crippen LogP contribution in [0.2, 0.25) is 0 Å². The van der Waals surface area contributed by atoms with Gasteiger partial charge in [0.2, 0.25) is 10.0 Å². The minimum absolute atomic E-state index is 0.0731. The van der Waals surface area contributed by atoms with Gasteiger partial charge in [0.25, 0.3) is 5.69 Å². The summed E-state index contributed by atoms with van der Waals surface area (Å²) in [7, 11) is -1.72. The molecule has 0 spiro atoms. The molecule has 0 unspecified atom stereocenters. The second-order valence-corrected chi connectivity index (χ2v) is 10.2. The second kappa shape index (κ2) is 8.57. The fraction of sp³-hybridized carbons (Fsp3) is 0.455. The predicted molar refractivity (Wildman–Crippen MR) is 120 cm³/mol. The Kier molecular flexibility index (Phi) is 6.00. The Morgan fingerprint density at radius 3 is 2.55 bits per heavy atom. The smallest absolute Gasteiger partial charge is 0.270 e. The van der Waals surface area contributed by atoms with Crippen molar-refractivity contribution in [3.8, 4) is 0 Å². The molecule has 1 saturated heterocycles. The number of fused-ring (bicyclic) bond motifs is 1. The Labute approximate surface area is 183 Å². The number of nitrogens with one attached hydrogen (secondary N) is 1. The molecule has 1 aliphatic carbocycles. The lowest BCUT2D eigenvalue weighted by Crippen LogP contribution is -2.45. The number of piperazine rings is 1. The van der Waals surface area contributed by atoms with Gasteiger partial charge in [-0.25, -0.2) is 13.1 Å². The van der Waals surface area contributed by atoms with E-state index >= 15 is 0 Å². The quantitative estimate of drug-likeness (QED) is 0.562. The van der Waals surface area contributed by atoms with Crippen molar-refractivity contribution >= 4 is 21.4 Å². The lowest BCUT2D eigenvalue weighted by atomic mass is 9.84. The molecule has 0 saturated carbocycles. The van der Waals surface area contributed by atoms with E-state index in [2.05, 4.69) is 40.6 Å². The zero-order chi connectivity index (χ0) is 22.2. The Bertz CT molecular complexity index is 1090. The van der Waals surface area contributed by atoms with Gasteiger partial charge >= 0.3 is 0 Å². The van der Waals surface area contributed by atoms with Crippen LogP contribution in [0, 0.1) is 17.0 Å². The standard InChI is InChI=1S/C22H28N4O4S/c1-16-6-9-22(25-12-10-24(2)11-13-25)21-14-17(7-8-20(16)21)23-31(29,30)19-5-3-4-18(15-19)26(27)28/h3-6,9,15,17,23H,7-8,10-14H2,1-2H3/t17-/m1/s1. The first-order valence-corrected chi connectivity index (χ1v) is 12.0. The van der Waals surface area contributed by atoms with E-state index in [9.17, 15) is 18.5 Å². The van der Waals surface area contributed by atoms with Crippen molar-refractivity contribution in [2.45, 2.75) is 37.1 Å². The van der Waals surface area contributed by atoms with Crippen LogP contribution in [0.3, 0.4) is 0 Å². The monoisotopic (exact) mass is 444 g/mol. The normalized spacial score (nSPS) is 19.8. The molecule has 4 rings (SSSR count). The van der Waals surface area contributed by atoms with Crippen LogP contribution in [-0.4, -0.2) is 57.5 Å². The largest absolute Gasteiger partial charge is 0.369 e. The highest BCUT2D eigenvalue weighted by Crippen LogP contribution is 2.34. The Balaban J connectivity index is 1.58. The number of nitro benzene ring substituents is 1. The van der Waals surface area contributed by atoms with Gasteiger partial charge in [0.05, 0.1) is 9.82 Å². The molecule has 1 N–H and O–H groups in total. The van der Waals surface area contributed by atoms with Gasteiger partial charge in [0, 0.05) is 50.0 Å². The molecule has 8 nitrogen and oxygen atoms in total. The number of hydrogen-bond donors (Lipinski definition) is 1. The topological polar surface area (TPSA) is 95.8 Å². The summed E-state index contributed by atoms with van der Waals surface area (Å²) in [6, 6.07) is 9.28. The fourth-order valence-electron chi connectivity index (χ4n) is 4.54. The predicted octanol–water partition coefficient (Wildman–Crippen LogP) is 2.49. The van der Waals surface area contributed by atoms with E-state index < -0.39 is 14.9 Å². The fourth-order valence-corrected chi connectivity index (χ4v) is 5.85. The number of benzene rings is 2. The third kappa shape index (κ3) is 4.58. The summed E-state index contributed by atoms with van der Waals surface area (Å²) in [4.78, 5) is 15.1. The molecule has 9 heteroatoms. The Morgan fingerprint density at radius 1 is 1.10 bits per heavy atom. The number of anilines is 1. The summed E-state index contributed by atoms with van der Waals surface area (Å²) in [5, 5.41) is 11.0. The number of likely N-dealkylation sites (N-methyl/N-ethyl adjacent to an activating group) is 1. The summed E-state index contributed by atoms with van der Waals surface area (Å²) >= 11 is 0. The molecule has 2 aromatic carbocycles. The van der Waals surface area contributed by atoms with Crippen LogP contribution in [0.1, 0.15) is 23.1 Å². The second-order valence-electron chi connectivity index (χ2n) is 8.46. The molecule has 1 fully saturated rings. The highest BCUT2D eigenvalue weighted by molar-refractivity contribution is 7.89. The van der Waals surface area contributed by atoms with Crippen LogP contribution in [0.4, 0.5) is 11.4 Å². The lowest BCUT2D eigenvalue weighted by molar-refractivity contribution is -0.385. The SMILES string of the molecule is Cc1ccc(N2CCN(C)CC2)c2c1CC[C@@H](NS(=O)(=O)c1cccc([N+](=O)[O-])c1)C2. The molecular weight excluding hydrogens is 416 g/mol. The van der Waals surface area contributed by atoms with Crippen LogP contribution in [0.15, 0.2) is 41.3 Å². The first kappa shape index (κ1) is 21.7. The summed E-state index contributed by atoms with van der Waals surface area (Å²) in [6.07, 6.45) is 2.13. The Morgan fingerprint density at radius 2 is 1.84 bits per heavy atom. The number of sulfonamides is 1. The molecule has 0 radical (unpaired) electrons. The van der Waals surface area contributed by atoms with Crippen LogP contribution in [0.5, 0.6) is 0 Å². The minimum atomic E-state index is -3.85. The highest BCUT2D eigenvalue weighted by Gasteiger charge is 2.29. The molecular formula is C22H28N4O4S. The van der Waals surface area contributed by atoms with Gasteiger partial charge in [-0.2, -0.15) is 0 Å². The number of rotatable bonds is 5. The van der Waals surface area contributed by atoms with E-state index in [0.717, 1.165) is 38.7 Å². The van der Waals surface area contributed by atoms with Gasteiger partial charge in [0.1, 0.15) is 0 Å². The molecule has 2 aromatic rings. The van der Waals surface area contributed by atoms with E-state index in [1.165, 1.54) is 40.6 Å². The highest BCUT2D eigenvalue weighted by atomic mass is 32.2. The van der Waals surface area contributed by atoms with E-state index in [-0.39, 0.29) is 16.6 Å². The molecule has 1 atom stereocenters. The number of nitro groups is 1. The van der Waals surface area contributed by atoms with E-state index in [1.807, 2.05) is 0 Å². The van der Waals surface area contributed by atoms with Crippen LogP contribution < -0.4 is 9.62 Å².